The number of methoxy groups -OCH3 is 1. The van der Waals surface area contributed by atoms with Gasteiger partial charge in [-0.05, 0) is 112 Å². The van der Waals surface area contributed by atoms with Gasteiger partial charge in [0.15, 0.2) is 12.6 Å². The SMILES string of the molecule is CC[C@H]1OC(=O)[C@H](C)[C@H](O[C@@H]2C[C@@](C)(OC)[C@@H](O)[C@H](C)O2)[C@@H](C)[C@H](O[C@@H]2O[C@H](C)C[C@H](N(C)CCc3cn(C[C@H]4CN(c5ccc(S(N)(=O)=O)cc5)C(=O)O4)nn3)[C@H]2O)[C@](C)(O)C[C@@H](C)CN(C)[C@H](C)[C@@H](O)[C@]1(C)O. The van der Waals surface area contributed by atoms with Gasteiger partial charge >= 0.3 is 12.1 Å². The van der Waals surface area contributed by atoms with Crippen LogP contribution in [0.3, 0.4) is 0 Å². The third kappa shape index (κ3) is 14.1. The van der Waals surface area contributed by atoms with Gasteiger partial charge in [0.2, 0.25) is 10.0 Å². The van der Waals surface area contributed by atoms with Crippen LogP contribution in [0.5, 0.6) is 0 Å². The Morgan fingerprint density at radius 2 is 1.60 bits per heavy atom. The van der Waals surface area contributed by atoms with Crippen LogP contribution in [0, 0.1) is 17.8 Å². The summed E-state index contributed by atoms with van der Waals surface area (Å²) in [4.78, 5) is 32.5. The number of aliphatic hydroxyl groups is 5. The Labute approximate surface area is 441 Å². The highest BCUT2D eigenvalue weighted by molar-refractivity contribution is 7.89. The summed E-state index contributed by atoms with van der Waals surface area (Å²) < 4.78 is 68.8. The predicted octanol–water partition coefficient (Wildman–Crippen LogP) is 1.78. The smallest absolute Gasteiger partial charge is 0.414 e. The number of rotatable bonds is 14. The van der Waals surface area contributed by atoms with E-state index >= 15 is 0 Å². The minimum atomic E-state index is -3.90. The van der Waals surface area contributed by atoms with E-state index in [0.29, 0.717) is 37.3 Å². The number of hydrogen-bond donors (Lipinski definition) is 6. The van der Waals surface area contributed by atoms with Crippen LogP contribution in [0.15, 0.2) is 35.4 Å². The standard InChI is InChI=1S/C51H85N7O16S/c1-14-39-51(10,65)43(60)32(6)56(12)24-28(2)22-49(8,64)45(30(4)42(31(5)46(62)72-39)73-40-23-50(9,68-13)44(61)33(7)70-40)74-47-41(59)38(21-29(3)69-47)55(11)20-19-34-25-57(54-53-34)26-36-27-58(48(63)71-36)35-15-17-37(18-16-35)75(52,66)67/h15-18,25,28-33,36,38-45,47,59-61,64-65H,14,19-24,26-27H2,1-13H3,(H2,52,66,67)/t28-,29-,30-,31-,32-,33+,36+,38+,39-,40-,41-,42-,43-,44+,45+,47+,49-,50-,51-/m1/s1. The first-order valence-corrected chi connectivity index (χ1v) is 27.7. The number of nitrogens with zero attached hydrogens (tertiary/aromatic N) is 6. The normalized spacial score (nSPS) is 40.2. The van der Waals surface area contributed by atoms with Gasteiger partial charge in [0.05, 0.1) is 65.2 Å². The molecule has 0 unspecified atom stereocenters. The molecule has 4 fully saturated rings. The predicted molar refractivity (Wildman–Crippen MR) is 272 cm³/mol. The van der Waals surface area contributed by atoms with Crippen LogP contribution in [0.4, 0.5) is 10.5 Å². The molecule has 2 aromatic rings. The van der Waals surface area contributed by atoms with Gasteiger partial charge < -0.3 is 68.5 Å². The van der Waals surface area contributed by atoms with E-state index in [1.165, 1.54) is 43.2 Å². The Balaban J connectivity index is 1.22. The molecule has 5 heterocycles. The molecule has 7 N–H and O–H groups in total. The van der Waals surface area contributed by atoms with E-state index in [1.54, 1.807) is 59.3 Å². The summed E-state index contributed by atoms with van der Waals surface area (Å²) in [5, 5.41) is 73.6. The molecule has 0 spiro atoms. The molecule has 23 nitrogen and oxygen atoms in total. The van der Waals surface area contributed by atoms with Crippen molar-refractivity contribution in [3.05, 3.63) is 36.2 Å². The quantitative estimate of drug-likeness (QED) is 0.147. The van der Waals surface area contributed by atoms with E-state index in [4.69, 9.17) is 38.3 Å². The number of aromatic nitrogens is 3. The van der Waals surface area contributed by atoms with Crippen LogP contribution in [0.2, 0.25) is 0 Å². The number of benzene rings is 1. The number of amides is 1. The summed E-state index contributed by atoms with van der Waals surface area (Å²) in [6.07, 6.45) is -8.51. The van der Waals surface area contributed by atoms with Crippen LogP contribution < -0.4 is 10.0 Å². The number of esters is 1. The maximum Gasteiger partial charge on any atom is 0.414 e. The fraction of sp³-hybridized carbons (Fsp3) is 0.804. The number of likely N-dealkylation sites (N-methyl/N-ethyl adjacent to an activating group) is 2. The van der Waals surface area contributed by atoms with Crippen LogP contribution in [-0.2, 0) is 60.9 Å². The third-order valence-corrected chi connectivity index (χ3v) is 17.1. The average Bonchev–Trinajstić information content (AvgIpc) is 3.96. The van der Waals surface area contributed by atoms with Crippen molar-refractivity contribution in [2.24, 2.45) is 22.9 Å². The minimum absolute atomic E-state index is 0.0762. The molecule has 19 atom stereocenters. The molecule has 0 aliphatic carbocycles. The number of aliphatic hydroxyl groups excluding tert-OH is 3. The Kier molecular flexibility index (Phi) is 19.7. The van der Waals surface area contributed by atoms with Gasteiger partial charge in [-0.3, -0.25) is 9.69 Å². The van der Waals surface area contributed by atoms with E-state index in [-0.39, 0.29) is 43.2 Å². The number of nitrogens with two attached hydrogens (primary N) is 1. The van der Waals surface area contributed by atoms with Crippen molar-refractivity contribution in [2.75, 3.05) is 45.7 Å². The summed E-state index contributed by atoms with van der Waals surface area (Å²) in [6, 6.07) is 4.53. The Bertz CT molecular complexity index is 2330. The zero-order valence-corrected chi connectivity index (χ0v) is 46.7. The van der Waals surface area contributed by atoms with E-state index in [1.807, 2.05) is 37.7 Å². The molecule has 426 valence electrons. The Hall–Kier alpha value is -3.47. The highest BCUT2D eigenvalue weighted by Crippen LogP contribution is 2.40. The molecule has 6 rings (SSSR count). The molecule has 1 aromatic carbocycles. The van der Waals surface area contributed by atoms with Crippen molar-refractivity contribution in [3.8, 4) is 0 Å². The van der Waals surface area contributed by atoms with Gasteiger partial charge in [0.1, 0.15) is 36.1 Å². The lowest BCUT2D eigenvalue weighted by Gasteiger charge is -2.49. The van der Waals surface area contributed by atoms with Crippen molar-refractivity contribution >= 4 is 27.8 Å². The first-order valence-electron chi connectivity index (χ1n) is 26.2. The van der Waals surface area contributed by atoms with Crippen molar-refractivity contribution in [1.29, 1.82) is 0 Å². The number of primary sulfonamides is 1. The maximum atomic E-state index is 14.5. The van der Waals surface area contributed by atoms with Gasteiger partial charge in [-0.15, -0.1) is 5.10 Å². The number of hydrogen-bond acceptors (Lipinski definition) is 20. The lowest BCUT2D eigenvalue weighted by molar-refractivity contribution is -0.318. The number of ether oxygens (including phenoxy) is 7. The van der Waals surface area contributed by atoms with E-state index in [9.17, 15) is 43.5 Å². The van der Waals surface area contributed by atoms with E-state index < -0.39 is 130 Å². The molecule has 1 aromatic heterocycles. The maximum absolute atomic E-state index is 14.5. The second kappa shape index (κ2) is 24.3. The van der Waals surface area contributed by atoms with Crippen molar-refractivity contribution in [3.63, 3.8) is 0 Å². The fourth-order valence-corrected chi connectivity index (χ4v) is 12.0. The summed E-state index contributed by atoms with van der Waals surface area (Å²) >= 11 is 0. The fourth-order valence-electron chi connectivity index (χ4n) is 11.5. The van der Waals surface area contributed by atoms with E-state index in [2.05, 4.69) is 10.3 Å². The first kappa shape index (κ1) is 60.8. The summed E-state index contributed by atoms with van der Waals surface area (Å²) in [6.45, 7) is 18.6. The van der Waals surface area contributed by atoms with Gasteiger partial charge in [-0.1, -0.05) is 26.0 Å². The van der Waals surface area contributed by atoms with Gasteiger partial charge in [0, 0.05) is 62.9 Å². The molecule has 0 saturated carbocycles. The third-order valence-electron chi connectivity index (χ3n) is 16.2. The molecule has 0 bridgehead atoms. The van der Waals surface area contributed by atoms with Gasteiger partial charge in [-0.2, -0.15) is 0 Å². The number of anilines is 1. The summed E-state index contributed by atoms with van der Waals surface area (Å²) in [5.41, 5.74) is -3.51. The monoisotopic (exact) mass is 1080 g/mol. The Morgan fingerprint density at radius 1 is 0.933 bits per heavy atom. The van der Waals surface area contributed by atoms with E-state index in [0.717, 1.165) is 0 Å². The molecule has 24 heteroatoms. The highest BCUT2D eigenvalue weighted by atomic mass is 32.2. The van der Waals surface area contributed by atoms with Crippen molar-refractivity contribution in [1.82, 2.24) is 24.8 Å². The first-order chi connectivity index (χ1) is 34.9. The molecule has 4 aliphatic rings. The van der Waals surface area contributed by atoms with Gasteiger partial charge in [-0.25, -0.2) is 23.0 Å². The second-order valence-electron chi connectivity index (χ2n) is 22.5. The zero-order valence-electron chi connectivity index (χ0n) is 45.9. The highest BCUT2D eigenvalue weighted by Gasteiger charge is 2.53. The molecule has 0 radical (unpaired) electrons. The van der Waals surface area contributed by atoms with Crippen molar-refractivity contribution < 1.29 is 76.7 Å². The van der Waals surface area contributed by atoms with Crippen LogP contribution >= 0.6 is 0 Å². The Morgan fingerprint density at radius 3 is 2.23 bits per heavy atom. The molecule has 4 saturated heterocycles. The van der Waals surface area contributed by atoms with Crippen molar-refractivity contribution in [2.45, 2.75) is 209 Å². The zero-order chi connectivity index (χ0) is 55.7. The lowest BCUT2D eigenvalue weighted by atomic mass is 9.77. The topological polar surface area (TPSA) is 300 Å². The number of cyclic esters (lactones) is 2. The van der Waals surface area contributed by atoms with Crippen LogP contribution in [0.1, 0.15) is 101 Å². The second-order valence-corrected chi connectivity index (χ2v) is 24.1. The largest absolute Gasteiger partial charge is 0.459 e. The van der Waals surface area contributed by atoms with Gasteiger partial charge in [0.25, 0.3) is 0 Å². The lowest BCUT2D eigenvalue weighted by Crippen LogP contribution is -2.61. The molecule has 75 heavy (non-hydrogen) atoms. The minimum Gasteiger partial charge on any atom is -0.459 e. The molecular formula is C51H85N7O16S. The number of carbonyl (C=O) groups excluding carboxylic acids is 2. The average molecular weight is 1080 g/mol. The van der Waals surface area contributed by atoms with Crippen LogP contribution in [0.25, 0.3) is 0 Å². The molecule has 4 aliphatic heterocycles. The molecular weight excluding hydrogens is 999 g/mol. The molecule has 1 amide bonds. The summed E-state index contributed by atoms with van der Waals surface area (Å²) in [5.74, 6) is -2.91. The van der Waals surface area contributed by atoms with Crippen LogP contribution in [-0.4, -0.2) is 208 Å². The number of sulfonamides is 1. The number of carbonyl (C=O) groups is 2. The summed E-state index contributed by atoms with van der Waals surface area (Å²) in [7, 11) is 1.28.